The lowest BCUT2D eigenvalue weighted by Crippen LogP contribution is -2.55. The zero-order valence-electron chi connectivity index (χ0n) is 18.5. The molecule has 7 heteroatoms. The minimum atomic E-state index is -1.17. The predicted molar refractivity (Wildman–Crippen MR) is 127 cm³/mol. The first kappa shape index (κ1) is 24.2. The number of thioether (sulfide) groups is 1. The lowest BCUT2D eigenvalue weighted by atomic mass is 9.73. The van der Waals surface area contributed by atoms with Crippen molar-refractivity contribution < 1.29 is 18.8 Å². The van der Waals surface area contributed by atoms with E-state index in [1.807, 2.05) is 31.2 Å². The molecule has 1 aliphatic carbocycles. The highest BCUT2D eigenvalue weighted by Gasteiger charge is 2.53. The number of hydrogen-bond donors (Lipinski definition) is 0. The van der Waals surface area contributed by atoms with Gasteiger partial charge in [-0.1, -0.05) is 60.9 Å². The number of carbonyl (C=O) groups excluding carboxylic acids is 1. The van der Waals surface area contributed by atoms with E-state index in [0.717, 1.165) is 41.6 Å². The molecule has 2 aromatic rings. The minimum Gasteiger partial charge on any atom is -0.464 e. The Balaban J connectivity index is 1.91. The van der Waals surface area contributed by atoms with Crippen molar-refractivity contribution in [2.24, 2.45) is 11.8 Å². The van der Waals surface area contributed by atoms with E-state index in [-0.39, 0.29) is 24.7 Å². The fourth-order valence-electron chi connectivity index (χ4n) is 4.68. The van der Waals surface area contributed by atoms with Gasteiger partial charge in [-0.15, -0.1) is 11.8 Å². The summed E-state index contributed by atoms with van der Waals surface area (Å²) in [5.74, 6) is 0.572. The topological polar surface area (TPSA) is 65.5 Å². The highest BCUT2D eigenvalue weighted by Crippen LogP contribution is 2.42. The molecule has 1 aliphatic rings. The normalized spacial score (nSPS) is 18.0. The van der Waals surface area contributed by atoms with Crippen molar-refractivity contribution in [3.8, 4) is 0 Å². The summed E-state index contributed by atoms with van der Waals surface area (Å²) in [6.07, 6.45) is 5.84. The van der Waals surface area contributed by atoms with Crippen molar-refractivity contribution in [1.82, 2.24) is 4.98 Å². The molecule has 1 fully saturated rings. The average Bonchev–Trinajstić information content (AvgIpc) is 2.80. The highest BCUT2D eigenvalue weighted by molar-refractivity contribution is 7.99. The smallest absolute Gasteiger partial charge is 0.343 e. The molecule has 0 saturated heterocycles. The molecule has 0 spiro atoms. The van der Waals surface area contributed by atoms with Crippen LogP contribution in [0.2, 0.25) is 0 Å². The first-order valence-corrected chi connectivity index (χ1v) is 13.4. The summed E-state index contributed by atoms with van der Waals surface area (Å²) in [7, 11) is -0.620. The molecule has 0 amide bonds. The van der Waals surface area contributed by atoms with Crippen LogP contribution in [0.3, 0.4) is 0 Å². The van der Waals surface area contributed by atoms with E-state index in [1.54, 1.807) is 18.7 Å². The maximum Gasteiger partial charge on any atom is 0.343 e. The van der Waals surface area contributed by atoms with Gasteiger partial charge < -0.3 is 9.47 Å². The molecule has 0 bridgehead atoms. The van der Waals surface area contributed by atoms with Crippen molar-refractivity contribution in [3.05, 3.63) is 36.4 Å². The summed E-state index contributed by atoms with van der Waals surface area (Å²) in [5.41, 5.74) is -0.208. The van der Waals surface area contributed by atoms with Crippen LogP contribution in [-0.2, 0) is 18.8 Å². The highest BCUT2D eigenvalue weighted by atomic mass is 32.2. The van der Waals surface area contributed by atoms with E-state index in [9.17, 15) is 9.36 Å². The number of benzene rings is 1. The number of ether oxygens (including phenoxy) is 2. The van der Waals surface area contributed by atoms with Crippen molar-refractivity contribution in [1.29, 1.82) is 0 Å². The number of fused-ring (bicyclic) bond motifs is 1. The average molecular weight is 463 g/mol. The molecular weight excluding hydrogens is 429 g/mol. The molecule has 0 aliphatic heterocycles. The van der Waals surface area contributed by atoms with E-state index >= 15 is 0 Å². The van der Waals surface area contributed by atoms with Crippen molar-refractivity contribution >= 4 is 37.1 Å². The number of carbonyl (C=O) groups is 1. The number of nitrogens with zero attached hydrogens (tertiary/aromatic N) is 1. The molecule has 0 radical (unpaired) electrons. The second-order valence-electron chi connectivity index (χ2n) is 8.02. The van der Waals surface area contributed by atoms with Gasteiger partial charge in [0.2, 0.25) is 5.60 Å². The first-order valence-electron chi connectivity index (χ1n) is 11.3. The number of aromatic nitrogens is 1. The first-order chi connectivity index (χ1) is 15.1. The predicted octanol–water partition coefficient (Wildman–Crippen LogP) is 5.89. The molecular formula is C24H33NO4PS+. The van der Waals surface area contributed by atoms with Gasteiger partial charge in [-0.3, -0.25) is 0 Å². The molecule has 3 atom stereocenters. The number of pyridine rings is 1. The maximum absolute atomic E-state index is 13.2. The zero-order valence-corrected chi connectivity index (χ0v) is 20.3. The van der Waals surface area contributed by atoms with E-state index in [2.05, 4.69) is 12.1 Å². The monoisotopic (exact) mass is 462 g/mol. The van der Waals surface area contributed by atoms with Crippen LogP contribution in [-0.4, -0.2) is 41.7 Å². The third-order valence-electron chi connectivity index (χ3n) is 6.16. The number of para-hydroxylation sites is 1. The lowest BCUT2D eigenvalue weighted by Gasteiger charge is -2.40. The van der Waals surface area contributed by atoms with Crippen molar-refractivity contribution in [3.63, 3.8) is 0 Å². The molecule has 168 valence electrons. The second-order valence-corrected chi connectivity index (χ2v) is 9.70. The summed E-state index contributed by atoms with van der Waals surface area (Å²) >= 11 is 1.65. The van der Waals surface area contributed by atoms with Crippen molar-refractivity contribution in [2.45, 2.75) is 56.6 Å². The Morgan fingerprint density at radius 3 is 2.65 bits per heavy atom. The van der Waals surface area contributed by atoms with E-state index < -0.39 is 14.1 Å². The molecule has 31 heavy (non-hydrogen) atoms. The molecule has 1 heterocycles. The fourth-order valence-corrected chi connectivity index (χ4v) is 6.62. The number of rotatable bonds is 11. The maximum atomic E-state index is 13.2. The van der Waals surface area contributed by atoms with E-state index in [1.165, 1.54) is 6.42 Å². The Bertz CT molecular complexity index is 874. The summed E-state index contributed by atoms with van der Waals surface area (Å²) in [4.78, 5) is 18.0. The number of hydrogen-bond acceptors (Lipinski definition) is 6. The summed E-state index contributed by atoms with van der Waals surface area (Å²) in [6, 6.07) is 12.2. The van der Waals surface area contributed by atoms with Crippen LogP contribution in [0.1, 0.15) is 46.0 Å². The molecule has 5 nitrogen and oxygen atoms in total. The van der Waals surface area contributed by atoms with Gasteiger partial charge >= 0.3 is 14.4 Å². The second kappa shape index (κ2) is 11.9. The van der Waals surface area contributed by atoms with Gasteiger partial charge in [-0.2, -0.15) is 0 Å². The lowest BCUT2D eigenvalue weighted by molar-refractivity contribution is -0.178. The molecule has 1 aromatic heterocycles. The van der Waals surface area contributed by atoms with Crippen LogP contribution < -0.4 is 0 Å². The fraction of sp³-hybridized carbons (Fsp3) is 0.583. The Kier molecular flexibility index (Phi) is 9.30. The summed E-state index contributed by atoms with van der Waals surface area (Å²) < 4.78 is 23.5. The quantitative estimate of drug-likeness (QED) is 0.236. The van der Waals surface area contributed by atoms with Crippen LogP contribution in [0, 0.1) is 11.8 Å². The zero-order chi connectivity index (χ0) is 22.1. The third-order valence-corrected chi connectivity index (χ3v) is 7.88. The van der Waals surface area contributed by atoms with Crippen LogP contribution in [0.4, 0.5) is 0 Å². The molecule has 3 unspecified atom stereocenters. The van der Waals surface area contributed by atoms with Gasteiger partial charge in [0.1, 0.15) is 0 Å². The minimum absolute atomic E-state index is 0.0773. The molecule has 1 aromatic carbocycles. The van der Waals surface area contributed by atoms with Crippen LogP contribution in [0.5, 0.6) is 0 Å². The van der Waals surface area contributed by atoms with Crippen LogP contribution >= 0.6 is 20.2 Å². The Hall–Kier alpha value is -1.49. The largest absolute Gasteiger partial charge is 0.464 e. The third kappa shape index (κ3) is 5.85. The van der Waals surface area contributed by atoms with Crippen LogP contribution in [0.25, 0.3) is 10.9 Å². The van der Waals surface area contributed by atoms with Crippen molar-refractivity contribution in [2.75, 3.05) is 25.1 Å². The Labute approximate surface area is 190 Å². The van der Waals surface area contributed by atoms with Gasteiger partial charge in [-0.25, -0.2) is 9.78 Å². The molecule has 3 rings (SSSR count). The molecule has 1 saturated carbocycles. The van der Waals surface area contributed by atoms with E-state index in [0.29, 0.717) is 18.3 Å². The summed E-state index contributed by atoms with van der Waals surface area (Å²) in [6.45, 7) is 4.35. The standard InChI is InChI=1S/C24H32NO4PS/c1-3-28-23(26)24(17-30-27,29-4-2)20(18-10-6-5-7-11-18)16-31-22-15-14-19-12-8-9-13-21(19)25-22/h8-9,12-15,18,20H,3-7,10-11,16-17H2,1-2H3/p+1. The van der Waals surface area contributed by atoms with Gasteiger partial charge in [0, 0.05) is 23.7 Å². The SMILES string of the molecule is CCOC(=O)C(C[PH+]=O)(OCC)C(CSc1ccc2ccccc2n1)C1CCCCC1. The van der Waals surface area contributed by atoms with Gasteiger partial charge in [0.05, 0.1) is 17.1 Å². The van der Waals surface area contributed by atoms with Gasteiger partial charge in [0.25, 0.3) is 0 Å². The van der Waals surface area contributed by atoms with E-state index in [4.69, 9.17) is 14.5 Å². The van der Waals surface area contributed by atoms with Gasteiger partial charge in [-0.05, 0) is 31.9 Å². The summed E-state index contributed by atoms with van der Waals surface area (Å²) in [5, 5.41) is 2.04. The number of esters is 1. The Morgan fingerprint density at radius 2 is 1.94 bits per heavy atom. The van der Waals surface area contributed by atoms with Gasteiger partial charge in [0.15, 0.2) is 6.16 Å². The Morgan fingerprint density at radius 1 is 1.16 bits per heavy atom. The molecule has 0 N–H and O–H groups in total. The van der Waals surface area contributed by atoms with Crippen LogP contribution in [0.15, 0.2) is 41.4 Å².